The number of phenolic OH excluding ortho intramolecular Hbond substituents is 1. The highest BCUT2D eigenvalue weighted by molar-refractivity contribution is 5.86. The summed E-state index contributed by atoms with van der Waals surface area (Å²) in [7, 11) is 3.84. The van der Waals surface area contributed by atoms with Crippen molar-refractivity contribution in [2.24, 2.45) is 0 Å². The fourth-order valence-corrected chi connectivity index (χ4v) is 2.86. The first-order valence-electron chi connectivity index (χ1n) is 6.52. The van der Waals surface area contributed by atoms with E-state index in [-0.39, 0.29) is 11.4 Å². The Kier molecular flexibility index (Phi) is 2.82. The number of hydrogen-bond acceptors (Lipinski definition) is 4. The van der Waals surface area contributed by atoms with Gasteiger partial charge in [-0.05, 0) is 51.1 Å². The lowest BCUT2D eigenvalue weighted by Gasteiger charge is -2.14. The predicted octanol–water partition coefficient (Wildman–Crippen LogP) is 2.05. The van der Waals surface area contributed by atoms with E-state index in [2.05, 4.69) is 0 Å². The Bertz CT molecular complexity index is 701. The molecule has 1 N–H and O–H groups in total. The number of phenols is 1. The number of benzene rings is 1. The van der Waals surface area contributed by atoms with Crippen molar-refractivity contribution in [3.8, 4) is 5.75 Å². The molecule has 0 saturated carbocycles. The minimum absolute atomic E-state index is 0.183. The lowest BCUT2D eigenvalue weighted by Crippen LogP contribution is -2.13. The van der Waals surface area contributed by atoms with Gasteiger partial charge in [-0.25, -0.2) is 4.79 Å². The minimum atomic E-state index is -0.245. The van der Waals surface area contributed by atoms with E-state index in [1.807, 2.05) is 25.1 Å². The van der Waals surface area contributed by atoms with E-state index < -0.39 is 0 Å². The zero-order valence-electron chi connectivity index (χ0n) is 11.2. The molecule has 1 heterocycles. The molecule has 0 radical (unpaired) electrons. The maximum atomic E-state index is 12.0. The van der Waals surface area contributed by atoms with E-state index in [0.717, 1.165) is 35.8 Å². The molecule has 0 spiro atoms. The Morgan fingerprint density at radius 1 is 1.26 bits per heavy atom. The van der Waals surface area contributed by atoms with Crippen LogP contribution in [0.25, 0.3) is 11.0 Å². The van der Waals surface area contributed by atoms with Gasteiger partial charge in [0.05, 0.1) is 5.56 Å². The standard InChI is InChI=1S/C15H17NO3/c1-16(2)8-12-13(17)7-6-10-9-4-3-5-11(9)15(18)19-14(10)12/h6-7,17H,3-5,8H2,1-2H3. The Hall–Kier alpha value is -1.81. The second kappa shape index (κ2) is 4.38. The molecule has 0 amide bonds. The summed E-state index contributed by atoms with van der Waals surface area (Å²) in [6, 6.07) is 3.55. The van der Waals surface area contributed by atoms with Gasteiger partial charge in [0.25, 0.3) is 0 Å². The summed E-state index contributed by atoms with van der Waals surface area (Å²) in [5.74, 6) is 0.183. The van der Waals surface area contributed by atoms with Crippen LogP contribution in [0.3, 0.4) is 0 Å². The molecule has 19 heavy (non-hydrogen) atoms. The Morgan fingerprint density at radius 3 is 2.74 bits per heavy atom. The van der Waals surface area contributed by atoms with E-state index in [0.29, 0.717) is 17.7 Å². The van der Waals surface area contributed by atoms with Crippen LogP contribution in [0.5, 0.6) is 5.75 Å². The molecule has 3 rings (SSSR count). The van der Waals surface area contributed by atoms with Crippen LogP contribution in [-0.4, -0.2) is 24.1 Å². The number of aryl methyl sites for hydroxylation is 1. The number of aromatic hydroxyl groups is 1. The van der Waals surface area contributed by atoms with Crippen LogP contribution >= 0.6 is 0 Å². The SMILES string of the molecule is CN(C)Cc1c(O)ccc2c3c(c(=O)oc12)CCC3. The van der Waals surface area contributed by atoms with Crippen molar-refractivity contribution in [2.45, 2.75) is 25.8 Å². The van der Waals surface area contributed by atoms with Gasteiger partial charge in [-0.2, -0.15) is 0 Å². The molecule has 2 aromatic rings. The Balaban J connectivity index is 2.35. The van der Waals surface area contributed by atoms with E-state index in [1.54, 1.807) is 6.07 Å². The van der Waals surface area contributed by atoms with Crippen molar-refractivity contribution in [3.63, 3.8) is 0 Å². The molecular formula is C15H17NO3. The summed E-state index contributed by atoms with van der Waals surface area (Å²) in [4.78, 5) is 14.0. The normalized spacial score (nSPS) is 14.3. The van der Waals surface area contributed by atoms with Gasteiger partial charge >= 0.3 is 5.63 Å². The molecule has 1 aromatic carbocycles. The number of fused-ring (bicyclic) bond motifs is 3. The predicted molar refractivity (Wildman–Crippen MR) is 73.6 cm³/mol. The molecule has 1 aliphatic rings. The molecular weight excluding hydrogens is 242 g/mol. The van der Waals surface area contributed by atoms with Gasteiger partial charge in [-0.3, -0.25) is 0 Å². The van der Waals surface area contributed by atoms with Crippen LogP contribution in [0, 0.1) is 0 Å². The number of hydrogen-bond donors (Lipinski definition) is 1. The maximum absolute atomic E-state index is 12.0. The first-order valence-corrected chi connectivity index (χ1v) is 6.52. The number of nitrogens with zero attached hydrogens (tertiary/aromatic N) is 1. The van der Waals surface area contributed by atoms with Crippen molar-refractivity contribution >= 4 is 11.0 Å². The van der Waals surface area contributed by atoms with Crippen LogP contribution in [0.15, 0.2) is 21.3 Å². The van der Waals surface area contributed by atoms with Crippen LogP contribution in [0.1, 0.15) is 23.1 Å². The molecule has 0 atom stereocenters. The third-order valence-electron chi connectivity index (χ3n) is 3.69. The van der Waals surface area contributed by atoms with Crippen LogP contribution in [0.4, 0.5) is 0 Å². The molecule has 0 unspecified atom stereocenters. The smallest absolute Gasteiger partial charge is 0.339 e. The zero-order chi connectivity index (χ0) is 13.6. The summed E-state index contributed by atoms with van der Waals surface area (Å²) >= 11 is 0. The van der Waals surface area contributed by atoms with Crippen molar-refractivity contribution in [1.29, 1.82) is 0 Å². The average Bonchev–Trinajstić information content (AvgIpc) is 2.83. The first-order chi connectivity index (χ1) is 9.08. The molecule has 0 fully saturated rings. The summed E-state index contributed by atoms with van der Waals surface area (Å²) in [5, 5.41) is 11.0. The van der Waals surface area contributed by atoms with E-state index in [1.165, 1.54) is 0 Å². The summed E-state index contributed by atoms with van der Waals surface area (Å²) in [5.41, 5.74) is 2.90. The first kappa shape index (κ1) is 12.2. The quantitative estimate of drug-likeness (QED) is 0.839. The van der Waals surface area contributed by atoms with Gasteiger partial charge in [0.2, 0.25) is 0 Å². The van der Waals surface area contributed by atoms with Crippen molar-refractivity contribution < 1.29 is 9.52 Å². The molecule has 1 aromatic heterocycles. The summed E-state index contributed by atoms with van der Waals surface area (Å²) in [6.45, 7) is 0.547. The molecule has 0 aliphatic heterocycles. The van der Waals surface area contributed by atoms with Crippen LogP contribution in [-0.2, 0) is 19.4 Å². The largest absolute Gasteiger partial charge is 0.507 e. The second-order valence-corrected chi connectivity index (χ2v) is 5.38. The van der Waals surface area contributed by atoms with Gasteiger partial charge in [-0.15, -0.1) is 0 Å². The third kappa shape index (κ3) is 1.92. The van der Waals surface area contributed by atoms with Gasteiger partial charge in [0, 0.05) is 17.5 Å². The Labute approximate surface area is 111 Å². The Morgan fingerprint density at radius 2 is 2.00 bits per heavy atom. The lowest BCUT2D eigenvalue weighted by atomic mass is 10.0. The molecule has 4 heteroatoms. The van der Waals surface area contributed by atoms with Crippen LogP contribution in [0.2, 0.25) is 0 Å². The molecule has 0 bridgehead atoms. The van der Waals surface area contributed by atoms with Crippen molar-refractivity contribution in [1.82, 2.24) is 4.90 Å². The highest BCUT2D eigenvalue weighted by atomic mass is 16.4. The topological polar surface area (TPSA) is 53.7 Å². The van der Waals surface area contributed by atoms with Gasteiger partial charge in [-0.1, -0.05) is 0 Å². The fourth-order valence-electron chi connectivity index (χ4n) is 2.86. The molecule has 100 valence electrons. The lowest BCUT2D eigenvalue weighted by molar-refractivity contribution is 0.383. The molecule has 0 saturated heterocycles. The highest BCUT2D eigenvalue weighted by Gasteiger charge is 2.22. The van der Waals surface area contributed by atoms with Gasteiger partial charge < -0.3 is 14.4 Å². The third-order valence-corrected chi connectivity index (χ3v) is 3.69. The van der Waals surface area contributed by atoms with E-state index >= 15 is 0 Å². The molecule has 1 aliphatic carbocycles. The zero-order valence-corrected chi connectivity index (χ0v) is 11.2. The fraction of sp³-hybridized carbons (Fsp3) is 0.400. The van der Waals surface area contributed by atoms with E-state index in [9.17, 15) is 9.90 Å². The van der Waals surface area contributed by atoms with Crippen LogP contribution < -0.4 is 5.63 Å². The number of rotatable bonds is 2. The average molecular weight is 259 g/mol. The van der Waals surface area contributed by atoms with Gasteiger partial charge in [0.15, 0.2) is 0 Å². The van der Waals surface area contributed by atoms with Crippen molar-refractivity contribution in [3.05, 3.63) is 39.2 Å². The summed E-state index contributed by atoms with van der Waals surface area (Å²) in [6.07, 6.45) is 2.73. The molecule has 4 nitrogen and oxygen atoms in total. The second-order valence-electron chi connectivity index (χ2n) is 5.38. The van der Waals surface area contributed by atoms with Crippen molar-refractivity contribution in [2.75, 3.05) is 14.1 Å². The highest BCUT2D eigenvalue weighted by Crippen LogP contribution is 2.33. The minimum Gasteiger partial charge on any atom is -0.507 e. The summed E-state index contributed by atoms with van der Waals surface area (Å²) < 4.78 is 5.48. The van der Waals surface area contributed by atoms with E-state index in [4.69, 9.17) is 4.42 Å². The van der Waals surface area contributed by atoms with Gasteiger partial charge in [0.1, 0.15) is 11.3 Å². The maximum Gasteiger partial charge on any atom is 0.339 e. The monoisotopic (exact) mass is 259 g/mol.